The molecule has 0 radical (unpaired) electrons. The van der Waals surface area contributed by atoms with Gasteiger partial charge in [0.1, 0.15) is 5.82 Å². The molecule has 0 fully saturated rings. The largest absolute Gasteiger partial charge is 0.493 e. The third-order valence-electron chi connectivity index (χ3n) is 5.68. The van der Waals surface area contributed by atoms with E-state index in [0.29, 0.717) is 13.0 Å². The van der Waals surface area contributed by atoms with Crippen LogP contribution in [0.5, 0.6) is 11.5 Å². The lowest BCUT2D eigenvalue weighted by Crippen LogP contribution is -2.07. The van der Waals surface area contributed by atoms with Crippen LogP contribution >= 0.6 is 11.6 Å². The minimum atomic E-state index is 0.629. The Hall–Kier alpha value is -3.24. The molecule has 0 unspecified atom stereocenters. The van der Waals surface area contributed by atoms with Crippen molar-refractivity contribution in [1.82, 2.24) is 9.55 Å². The molecule has 3 aromatic carbocycles. The number of rotatable bonds is 11. The van der Waals surface area contributed by atoms with Crippen LogP contribution < -0.4 is 9.47 Å². The molecule has 0 aliphatic carbocycles. The maximum Gasteiger partial charge on any atom is 0.161 e. The molecule has 4 nitrogen and oxygen atoms in total. The second-order valence-electron chi connectivity index (χ2n) is 7.97. The minimum Gasteiger partial charge on any atom is -0.493 e. The summed E-state index contributed by atoms with van der Waals surface area (Å²) in [4.78, 5) is 4.89. The van der Waals surface area contributed by atoms with Crippen molar-refractivity contribution in [3.05, 3.63) is 101 Å². The molecule has 4 aromatic rings. The summed E-state index contributed by atoms with van der Waals surface area (Å²) < 4.78 is 13.8. The van der Waals surface area contributed by atoms with Crippen molar-refractivity contribution in [3.63, 3.8) is 0 Å². The fraction of sp³-hybridized carbons (Fsp3) is 0.250. The van der Waals surface area contributed by atoms with E-state index < -0.39 is 0 Å². The predicted molar refractivity (Wildman–Crippen MR) is 136 cm³/mol. The second-order valence-corrected chi connectivity index (χ2v) is 8.38. The van der Waals surface area contributed by atoms with Gasteiger partial charge in [0.15, 0.2) is 11.5 Å². The van der Waals surface area contributed by atoms with Crippen molar-refractivity contribution in [2.45, 2.75) is 32.2 Å². The van der Waals surface area contributed by atoms with Crippen molar-refractivity contribution in [1.29, 1.82) is 0 Å². The van der Waals surface area contributed by atoms with E-state index in [-0.39, 0.29) is 0 Å². The molecule has 0 saturated carbocycles. The topological polar surface area (TPSA) is 36.3 Å². The molecule has 0 spiro atoms. The van der Waals surface area contributed by atoms with E-state index in [4.69, 9.17) is 26.1 Å². The summed E-state index contributed by atoms with van der Waals surface area (Å²) in [6, 6.07) is 22.3. The molecular formula is C28H29ClN2O2. The first-order valence-electron chi connectivity index (χ1n) is 11.3. The van der Waals surface area contributed by atoms with Gasteiger partial charge in [-0.25, -0.2) is 4.98 Å². The smallest absolute Gasteiger partial charge is 0.161 e. The molecule has 170 valence electrons. The van der Waals surface area contributed by atoms with Crippen LogP contribution in [0.3, 0.4) is 0 Å². The highest BCUT2D eigenvalue weighted by molar-refractivity contribution is 6.31. The highest BCUT2D eigenvalue weighted by Gasteiger charge is 2.12. The van der Waals surface area contributed by atoms with Gasteiger partial charge in [0, 0.05) is 18.0 Å². The fourth-order valence-electron chi connectivity index (χ4n) is 4.00. The molecule has 0 aliphatic heterocycles. The van der Waals surface area contributed by atoms with Crippen LogP contribution in [0.15, 0.2) is 79.4 Å². The molecule has 0 amide bonds. The van der Waals surface area contributed by atoms with E-state index in [1.807, 2.05) is 42.5 Å². The zero-order valence-electron chi connectivity index (χ0n) is 19.0. The first-order chi connectivity index (χ1) is 16.2. The molecule has 0 saturated heterocycles. The maximum absolute atomic E-state index is 6.41. The summed E-state index contributed by atoms with van der Waals surface area (Å²) in [5.74, 6) is 2.57. The summed E-state index contributed by atoms with van der Waals surface area (Å²) in [7, 11) is 1.67. The van der Waals surface area contributed by atoms with E-state index in [1.54, 1.807) is 7.11 Å². The highest BCUT2D eigenvalue weighted by Crippen LogP contribution is 2.29. The van der Waals surface area contributed by atoms with E-state index in [0.717, 1.165) is 70.3 Å². The van der Waals surface area contributed by atoms with E-state index in [9.17, 15) is 0 Å². The number of fused-ring (bicyclic) bond motifs is 1. The predicted octanol–water partition coefficient (Wildman–Crippen LogP) is 6.88. The number of hydrogen-bond donors (Lipinski definition) is 0. The normalized spacial score (nSPS) is 11.0. The lowest BCUT2D eigenvalue weighted by molar-refractivity contribution is 0.283. The number of halogens is 1. The highest BCUT2D eigenvalue weighted by atomic mass is 35.5. The maximum atomic E-state index is 6.41. The van der Waals surface area contributed by atoms with Gasteiger partial charge in [0.25, 0.3) is 0 Å². The van der Waals surface area contributed by atoms with Crippen LogP contribution in [0.2, 0.25) is 5.02 Å². The van der Waals surface area contributed by atoms with E-state index >= 15 is 0 Å². The Morgan fingerprint density at radius 3 is 2.64 bits per heavy atom. The van der Waals surface area contributed by atoms with Crippen LogP contribution in [-0.2, 0) is 19.4 Å². The Morgan fingerprint density at radius 2 is 1.82 bits per heavy atom. The van der Waals surface area contributed by atoms with Crippen LogP contribution in [0.4, 0.5) is 0 Å². The SMILES string of the molecule is C=CCc1ccc(OCCCCn2c(Cc3ccccc3Cl)nc3ccccc32)c(OC)c1. The minimum absolute atomic E-state index is 0.629. The van der Waals surface area contributed by atoms with Crippen LogP contribution in [0, 0.1) is 0 Å². The van der Waals surface area contributed by atoms with Crippen molar-refractivity contribution in [3.8, 4) is 11.5 Å². The van der Waals surface area contributed by atoms with Crippen LogP contribution in [0.25, 0.3) is 11.0 Å². The van der Waals surface area contributed by atoms with Gasteiger partial charge in [-0.1, -0.05) is 54.1 Å². The quantitative estimate of drug-likeness (QED) is 0.181. The number of para-hydroxylation sites is 2. The molecule has 0 N–H and O–H groups in total. The molecular weight excluding hydrogens is 432 g/mol. The number of ether oxygens (including phenoxy) is 2. The average Bonchev–Trinajstić information content (AvgIpc) is 3.18. The third kappa shape index (κ3) is 5.58. The van der Waals surface area contributed by atoms with Crippen molar-refractivity contribution < 1.29 is 9.47 Å². The number of unbranched alkanes of at least 4 members (excludes halogenated alkanes) is 1. The Balaban J connectivity index is 1.40. The zero-order valence-corrected chi connectivity index (χ0v) is 19.7. The van der Waals surface area contributed by atoms with Gasteiger partial charge >= 0.3 is 0 Å². The molecule has 0 aliphatic rings. The number of imidazole rings is 1. The molecule has 1 heterocycles. The number of aromatic nitrogens is 2. The lowest BCUT2D eigenvalue weighted by Gasteiger charge is -2.13. The van der Waals surface area contributed by atoms with Gasteiger partial charge in [-0.15, -0.1) is 6.58 Å². The Morgan fingerprint density at radius 1 is 1.00 bits per heavy atom. The first-order valence-corrected chi connectivity index (χ1v) is 11.7. The molecule has 5 heteroatoms. The van der Waals surface area contributed by atoms with Gasteiger partial charge in [-0.3, -0.25) is 0 Å². The number of benzene rings is 3. The summed E-state index contributed by atoms with van der Waals surface area (Å²) in [5.41, 5.74) is 4.42. The van der Waals surface area contributed by atoms with Crippen LogP contribution in [0.1, 0.15) is 29.8 Å². The van der Waals surface area contributed by atoms with Gasteiger partial charge in [0.2, 0.25) is 0 Å². The number of nitrogens with zero attached hydrogens (tertiary/aromatic N) is 2. The number of aryl methyl sites for hydroxylation is 1. The summed E-state index contributed by atoms with van der Waals surface area (Å²) in [5, 5.41) is 0.776. The molecule has 4 rings (SSSR count). The van der Waals surface area contributed by atoms with Gasteiger partial charge in [-0.2, -0.15) is 0 Å². The first kappa shape index (κ1) is 22.9. The Labute approximate surface area is 200 Å². The molecule has 0 atom stereocenters. The van der Waals surface area contributed by atoms with Crippen molar-refractivity contribution in [2.75, 3.05) is 13.7 Å². The summed E-state index contributed by atoms with van der Waals surface area (Å²) >= 11 is 6.41. The Bertz CT molecular complexity index is 1230. The summed E-state index contributed by atoms with van der Waals surface area (Å²) in [6.07, 6.45) is 5.31. The number of hydrogen-bond acceptors (Lipinski definition) is 3. The molecule has 33 heavy (non-hydrogen) atoms. The lowest BCUT2D eigenvalue weighted by atomic mass is 10.1. The van der Waals surface area contributed by atoms with Crippen molar-refractivity contribution in [2.24, 2.45) is 0 Å². The fourth-order valence-corrected chi connectivity index (χ4v) is 4.20. The third-order valence-corrected chi connectivity index (χ3v) is 6.05. The van der Waals surface area contributed by atoms with Gasteiger partial charge in [-0.05, 0) is 60.7 Å². The summed E-state index contributed by atoms with van der Waals surface area (Å²) in [6.45, 7) is 5.30. The zero-order chi connectivity index (χ0) is 23.0. The monoisotopic (exact) mass is 460 g/mol. The second kappa shape index (κ2) is 11.1. The molecule has 0 bridgehead atoms. The Kier molecular flexibility index (Phi) is 7.69. The van der Waals surface area contributed by atoms with E-state index in [1.165, 1.54) is 0 Å². The van der Waals surface area contributed by atoms with Crippen molar-refractivity contribution >= 4 is 22.6 Å². The van der Waals surface area contributed by atoms with Gasteiger partial charge < -0.3 is 14.0 Å². The standard InChI is InChI=1S/C28H29ClN2O2/c1-3-10-21-15-16-26(27(19-21)32-2)33-18-9-8-17-31-25-14-7-6-13-24(25)30-28(31)20-22-11-4-5-12-23(22)29/h3-7,11-16,19H,1,8-10,17-18,20H2,2H3. The number of allylic oxidation sites excluding steroid dienone is 1. The number of methoxy groups -OCH3 is 1. The van der Waals surface area contributed by atoms with E-state index in [2.05, 4.69) is 41.5 Å². The average molecular weight is 461 g/mol. The molecule has 1 aromatic heterocycles. The van der Waals surface area contributed by atoms with Crippen LogP contribution in [-0.4, -0.2) is 23.3 Å². The van der Waals surface area contributed by atoms with Gasteiger partial charge in [0.05, 0.1) is 24.8 Å².